The summed E-state index contributed by atoms with van der Waals surface area (Å²) in [6.45, 7) is 2.68. The fourth-order valence-corrected chi connectivity index (χ4v) is 2.04. The number of ether oxygens (including phenoxy) is 2. The Morgan fingerprint density at radius 1 is 0.667 bits per heavy atom. The largest absolute Gasteiger partial charge is 0.426 e. The van der Waals surface area contributed by atoms with Gasteiger partial charge in [0.05, 0.1) is 0 Å². The van der Waals surface area contributed by atoms with Crippen molar-refractivity contribution >= 4 is 23.5 Å². The van der Waals surface area contributed by atoms with E-state index in [1.165, 1.54) is 13.8 Å². The highest BCUT2D eigenvalue weighted by Gasteiger charge is 2.08. The van der Waals surface area contributed by atoms with Crippen molar-refractivity contribution in [1.82, 2.24) is 0 Å². The lowest BCUT2D eigenvalue weighted by Gasteiger charge is -2.08. The molecule has 2 aromatic rings. The van der Waals surface area contributed by atoms with E-state index in [1.807, 2.05) is 60.7 Å². The maximum absolute atomic E-state index is 11.4. The van der Waals surface area contributed by atoms with Crippen LogP contribution in [0.3, 0.4) is 0 Å². The maximum Gasteiger partial charge on any atom is 0.308 e. The molecule has 0 aliphatic heterocycles. The molecule has 0 N–H and O–H groups in total. The summed E-state index contributed by atoms with van der Waals surface area (Å²) < 4.78 is 10.5. The van der Waals surface area contributed by atoms with Crippen molar-refractivity contribution in [3.05, 3.63) is 83.9 Å². The maximum atomic E-state index is 11.4. The van der Waals surface area contributed by atoms with Crippen molar-refractivity contribution in [2.75, 3.05) is 0 Å². The van der Waals surface area contributed by atoms with Crippen molar-refractivity contribution in [2.45, 2.75) is 13.8 Å². The lowest BCUT2D eigenvalue weighted by Crippen LogP contribution is -2.00. The smallest absolute Gasteiger partial charge is 0.308 e. The molecule has 0 aliphatic carbocycles. The van der Waals surface area contributed by atoms with Gasteiger partial charge in [0.25, 0.3) is 0 Å². The minimum Gasteiger partial charge on any atom is -0.426 e. The molecule has 4 heteroatoms. The van der Waals surface area contributed by atoms with Gasteiger partial charge in [-0.2, -0.15) is 0 Å². The summed E-state index contributed by atoms with van der Waals surface area (Å²) in [6, 6.07) is 18.5. The third kappa shape index (κ3) is 5.25. The van der Waals surface area contributed by atoms with E-state index in [0.717, 1.165) is 11.1 Å². The Labute approximate surface area is 141 Å². The van der Waals surface area contributed by atoms with Crippen molar-refractivity contribution in [3.63, 3.8) is 0 Å². The summed E-state index contributed by atoms with van der Waals surface area (Å²) in [5, 5.41) is 0. The molecule has 2 aromatic carbocycles. The van der Waals surface area contributed by atoms with Crippen LogP contribution < -0.4 is 0 Å². The van der Waals surface area contributed by atoms with Crippen LogP contribution in [0.25, 0.3) is 11.5 Å². The molecule has 0 fully saturated rings. The summed E-state index contributed by atoms with van der Waals surface area (Å²) in [4.78, 5) is 22.7. The molecule has 0 saturated carbocycles. The quantitative estimate of drug-likeness (QED) is 0.470. The number of carbonyl (C=O) groups is 2. The second kappa shape index (κ2) is 8.48. The number of hydrogen-bond acceptors (Lipinski definition) is 4. The second-order valence-corrected chi connectivity index (χ2v) is 4.98. The molecule has 0 aromatic heterocycles. The first-order valence-electron chi connectivity index (χ1n) is 7.46. The normalized spacial score (nSPS) is 11.8. The Balaban J connectivity index is 2.42. The lowest BCUT2D eigenvalue weighted by molar-refractivity contribution is -0.135. The molecular weight excluding hydrogens is 304 g/mol. The summed E-state index contributed by atoms with van der Waals surface area (Å²) in [7, 11) is 0. The predicted molar refractivity (Wildman–Crippen MR) is 92.4 cm³/mol. The van der Waals surface area contributed by atoms with Crippen molar-refractivity contribution < 1.29 is 19.1 Å². The third-order valence-electron chi connectivity index (χ3n) is 3.01. The first-order valence-corrected chi connectivity index (χ1v) is 7.46. The molecule has 0 saturated heterocycles. The Kier molecular flexibility index (Phi) is 6.08. The first-order chi connectivity index (χ1) is 11.6. The standard InChI is InChI=1S/C20H18O4/c1-15(21)23-19(17-9-5-3-6-10-17)13-14-20(24-16(2)22)18-11-7-4-8-12-18/h3-14H,1-2H3. The fraction of sp³-hybridized carbons (Fsp3) is 0.100. The van der Waals surface area contributed by atoms with Crippen LogP contribution in [0.2, 0.25) is 0 Å². The summed E-state index contributed by atoms with van der Waals surface area (Å²) >= 11 is 0. The van der Waals surface area contributed by atoms with E-state index in [-0.39, 0.29) is 0 Å². The highest BCUT2D eigenvalue weighted by Crippen LogP contribution is 2.20. The Morgan fingerprint density at radius 3 is 1.29 bits per heavy atom. The molecule has 0 heterocycles. The minimum atomic E-state index is -0.424. The van der Waals surface area contributed by atoms with Gasteiger partial charge < -0.3 is 9.47 Å². The van der Waals surface area contributed by atoms with Crippen LogP contribution in [0.4, 0.5) is 0 Å². The molecule has 0 unspecified atom stereocenters. The van der Waals surface area contributed by atoms with E-state index >= 15 is 0 Å². The molecule has 24 heavy (non-hydrogen) atoms. The first kappa shape index (κ1) is 17.2. The SMILES string of the molecule is CC(=O)OC(=CC=C(OC(C)=O)c1ccccc1)c1ccccc1. The number of carbonyl (C=O) groups excluding carboxylic acids is 2. The Bertz CT molecular complexity index is 691. The topological polar surface area (TPSA) is 52.6 Å². The molecule has 4 nitrogen and oxygen atoms in total. The van der Waals surface area contributed by atoms with Crippen LogP contribution in [0, 0.1) is 0 Å². The van der Waals surface area contributed by atoms with E-state index < -0.39 is 11.9 Å². The average molecular weight is 322 g/mol. The van der Waals surface area contributed by atoms with E-state index in [4.69, 9.17) is 9.47 Å². The monoisotopic (exact) mass is 322 g/mol. The predicted octanol–water partition coefficient (Wildman–Crippen LogP) is 4.19. The summed E-state index contributed by atoms with van der Waals surface area (Å²) in [6.07, 6.45) is 3.23. The van der Waals surface area contributed by atoms with Gasteiger partial charge in [-0.1, -0.05) is 60.7 Å². The highest BCUT2D eigenvalue weighted by molar-refractivity contribution is 5.80. The van der Waals surface area contributed by atoms with Gasteiger partial charge in [0.2, 0.25) is 0 Å². The van der Waals surface area contributed by atoms with Crippen molar-refractivity contribution in [3.8, 4) is 0 Å². The minimum absolute atomic E-state index is 0.378. The van der Waals surface area contributed by atoms with Gasteiger partial charge in [0.15, 0.2) is 0 Å². The number of rotatable bonds is 5. The van der Waals surface area contributed by atoms with Gasteiger partial charge in [-0.15, -0.1) is 0 Å². The van der Waals surface area contributed by atoms with Gasteiger partial charge in [0, 0.05) is 25.0 Å². The van der Waals surface area contributed by atoms with Gasteiger partial charge in [-0.3, -0.25) is 9.59 Å². The second-order valence-electron chi connectivity index (χ2n) is 4.98. The zero-order valence-electron chi connectivity index (χ0n) is 13.6. The number of benzene rings is 2. The molecule has 0 atom stereocenters. The van der Waals surface area contributed by atoms with Gasteiger partial charge in [0.1, 0.15) is 11.5 Å². The molecule has 0 bridgehead atoms. The Hall–Kier alpha value is -3.14. The van der Waals surface area contributed by atoms with Crippen LogP contribution in [0.1, 0.15) is 25.0 Å². The van der Waals surface area contributed by atoms with E-state index in [1.54, 1.807) is 12.2 Å². The third-order valence-corrected chi connectivity index (χ3v) is 3.01. The van der Waals surface area contributed by atoms with Crippen LogP contribution >= 0.6 is 0 Å². The molecule has 0 spiro atoms. The average Bonchev–Trinajstić information content (AvgIpc) is 2.58. The zero-order chi connectivity index (χ0) is 17.4. The number of allylic oxidation sites excluding steroid dienone is 2. The van der Waals surface area contributed by atoms with Crippen LogP contribution in [0.15, 0.2) is 72.8 Å². The van der Waals surface area contributed by atoms with Crippen molar-refractivity contribution in [1.29, 1.82) is 0 Å². The van der Waals surface area contributed by atoms with Crippen LogP contribution in [-0.2, 0) is 19.1 Å². The molecular formula is C20H18O4. The van der Waals surface area contributed by atoms with Crippen LogP contribution in [0.5, 0.6) is 0 Å². The Morgan fingerprint density at radius 2 is 1.00 bits per heavy atom. The number of esters is 2. The fourth-order valence-electron chi connectivity index (χ4n) is 2.04. The molecule has 122 valence electrons. The van der Waals surface area contributed by atoms with Gasteiger partial charge in [-0.05, 0) is 12.2 Å². The van der Waals surface area contributed by atoms with Gasteiger partial charge in [-0.25, -0.2) is 0 Å². The molecule has 0 aliphatic rings. The lowest BCUT2D eigenvalue weighted by atomic mass is 10.1. The van der Waals surface area contributed by atoms with E-state index in [2.05, 4.69) is 0 Å². The van der Waals surface area contributed by atoms with E-state index in [0.29, 0.717) is 11.5 Å². The summed E-state index contributed by atoms with van der Waals surface area (Å²) in [5.41, 5.74) is 1.50. The highest BCUT2D eigenvalue weighted by atomic mass is 16.5. The van der Waals surface area contributed by atoms with Gasteiger partial charge >= 0.3 is 11.9 Å². The molecule has 0 amide bonds. The summed E-state index contributed by atoms with van der Waals surface area (Å²) in [5.74, 6) is -0.0909. The van der Waals surface area contributed by atoms with Crippen LogP contribution in [-0.4, -0.2) is 11.9 Å². The number of hydrogen-bond donors (Lipinski definition) is 0. The zero-order valence-corrected chi connectivity index (χ0v) is 13.6. The van der Waals surface area contributed by atoms with Crippen molar-refractivity contribution in [2.24, 2.45) is 0 Å². The van der Waals surface area contributed by atoms with E-state index in [9.17, 15) is 9.59 Å². The molecule has 0 radical (unpaired) electrons. The molecule has 2 rings (SSSR count).